The fourth-order valence-electron chi connectivity index (χ4n) is 2.30. The minimum atomic E-state index is 0.324. The zero-order valence-electron chi connectivity index (χ0n) is 12.4. The van der Waals surface area contributed by atoms with Crippen molar-refractivity contribution in [2.24, 2.45) is 0 Å². The van der Waals surface area contributed by atoms with Crippen LogP contribution in [-0.4, -0.2) is 14.8 Å². The van der Waals surface area contributed by atoms with Crippen LogP contribution in [0.4, 0.5) is 0 Å². The maximum atomic E-state index is 4.77. The topological polar surface area (TPSA) is 30.7 Å². The van der Waals surface area contributed by atoms with E-state index < -0.39 is 0 Å². The lowest BCUT2D eigenvalue weighted by Crippen LogP contribution is -2.07. The third-order valence-corrected chi connectivity index (χ3v) is 3.70. The van der Waals surface area contributed by atoms with E-state index in [4.69, 9.17) is 10.1 Å². The Hall–Kier alpha value is -2.42. The second-order valence-electron chi connectivity index (χ2n) is 5.19. The van der Waals surface area contributed by atoms with E-state index in [1.807, 2.05) is 53.2 Å². The van der Waals surface area contributed by atoms with Crippen LogP contribution in [0.15, 0.2) is 60.7 Å². The molecule has 1 aromatic heterocycles. The van der Waals surface area contributed by atoms with Crippen LogP contribution >= 0.6 is 0 Å². The van der Waals surface area contributed by atoms with Crippen LogP contribution in [0.5, 0.6) is 0 Å². The van der Waals surface area contributed by atoms with Crippen LogP contribution in [0.3, 0.4) is 0 Å². The predicted octanol–water partition coefficient (Wildman–Crippen LogP) is 4.58. The van der Waals surface area contributed by atoms with Crippen molar-refractivity contribution in [3.8, 4) is 22.8 Å². The standard InChI is InChI=1S/C18H19N3/c1-3-14(2)21-18(16-12-8-5-9-13-16)19-17(20-21)15-10-6-4-7-11-15/h4-14H,3H2,1-2H3/t14-/m1/s1. The molecular formula is C18H19N3. The molecule has 0 aliphatic rings. The molecule has 0 aliphatic carbocycles. The number of benzene rings is 2. The van der Waals surface area contributed by atoms with Crippen molar-refractivity contribution >= 4 is 0 Å². The van der Waals surface area contributed by atoms with E-state index in [0.29, 0.717) is 6.04 Å². The van der Waals surface area contributed by atoms with Gasteiger partial charge in [0.25, 0.3) is 0 Å². The summed E-state index contributed by atoms with van der Waals surface area (Å²) in [5, 5.41) is 4.73. The summed E-state index contributed by atoms with van der Waals surface area (Å²) in [4.78, 5) is 4.77. The predicted molar refractivity (Wildman–Crippen MR) is 85.9 cm³/mol. The summed E-state index contributed by atoms with van der Waals surface area (Å²) >= 11 is 0. The Morgan fingerprint density at radius 2 is 1.48 bits per heavy atom. The van der Waals surface area contributed by atoms with E-state index in [-0.39, 0.29) is 0 Å². The smallest absolute Gasteiger partial charge is 0.181 e. The van der Waals surface area contributed by atoms with Crippen LogP contribution in [0.25, 0.3) is 22.8 Å². The summed E-state index contributed by atoms with van der Waals surface area (Å²) in [7, 11) is 0. The second-order valence-corrected chi connectivity index (χ2v) is 5.19. The normalized spacial score (nSPS) is 12.3. The molecule has 0 spiro atoms. The van der Waals surface area contributed by atoms with E-state index >= 15 is 0 Å². The van der Waals surface area contributed by atoms with Crippen molar-refractivity contribution in [1.29, 1.82) is 0 Å². The Balaban J connectivity index is 2.12. The molecule has 3 heteroatoms. The van der Waals surface area contributed by atoms with Crippen molar-refractivity contribution in [2.75, 3.05) is 0 Å². The average molecular weight is 277 g/mol. The number of rotatable bonds is 4. The lowest BCUT2D eigenvalue weighted by molar-refractivity contribution is 0.483. The van der Waals surface area contributed by atoms with Gasteiger partial charge in [-0.15, -0.1) is 0 Å². The summed E-state index contributed by atoms with van der Waals surface area (Å²) < 4.78 is 2.04. The second kappa shape index (κ2) is 5.92. The Labute approximate surface area is 125 Å². The molecule has 21 heavy (non-hydrogen) atoms. The monoisotopic (exact) mass is 277 g/mol. The van der Waals surface area contributed by atoms with E-state index in [0.717, 1.165) is 29.2 Å². The fourth-order valence-corrected chi connectivity index (χ4v) is 2.30. The van der Waals surface area contributed by atoms with Gasteiger partial charge in [0.05, 0.1) is 6.04 Å². The van der Waals surface area contributed by atoms with Gasteiger partial charge in [0.15, 0.2) is 11.6 Å². The number of nitrogens with zero attached hydrogens (tertiary/aromatic N) is 3. The minimum absolute atomic E-state index is 0.324. The van der Waals surface area contributed by atoms with Crippen LogP contribution in [0.2, 0.25) is 0 Å². The van der Waals surface area contributed by atoms with Gasteiger partial charge < -0.3 is 0 Å². The van der Waals surface area contributed by atoms with Crippen molar-refractivity contribution < 1.29 is 0 Å². The molecule has 0 unspecified atom stereocenters. The molecule has 0 N–H and O–H groups in total. The zero-order valence-corrected chi connectivity index (χ0v) is 12.4. The summed E-state index contributed by atoms with van der Waals surface area (Å²) in [6.07, 6.45) is 1.03. The van der Waals surface area contributed by atoms with Gasteiger partial charge in [0.1, 0.15) is 0 Å². The highest BCUT2D eigenvalue weighted by Crippen LogP contribution is 2.25. The molecule has 2 aromatic carbocycles. The Morgan fingerprint density at radius 3 is 2.05 bits per heavy atom. The third-order valence-electron chi connectivity index (χ3n) is 3.70. The minimum Gasteiger partial charge on any atom is -0.242 e. The van der Waals surface area contributed by atoms with Crippen molar-refractivity contribution in [1.82, 2.24) is 14.8 Å². The van der Waals surface area contributed by atoms with Gasteiger partial charge in [-0.05, 0) is 13.3 Å². The molecule has 3 aromatic rings. The zero-order chi connectivity index (χ0) is 14.7. The first-order valence-electron chi connectivity index (χ1n) is 7.37. The third kappa shape index (κ3) is 2.72. The Bertz CT molecular complexity index is 702. The summed E-state index contributed by atoms with van der Waals surface area (Å²) in [5.74, 6) is 1.72. The molecule has 0 amide bonds. The molecular weight excluding hydrogens is 258 g/mol. The van der Waals surface area contributed by atoms with E-state index in [9.17, 15) is 0 Å². The van der Waals surface area contributed by atoms with Gasteiger partial charge in [-0.2, -0.15) is 5.10 Å². The first-order chi connectivity index (χ1) is 10.3. The summed E-state index contributed by atoms with van der Waals surface area (Å²) in [5.41, 5.74) is 2.16. The summed E-state index contributed by atoms with van der Waals surface area (Å²) in [6.45, 7) is 4.35. The molecule has 0 radical (unpaired) electrons. The molecule has 3 nitrogen and oxygen atoms in total. The van der Waals surface area contributed by atoms with Crippen LogP contribution in [0, 0.1) is 0 Å². The number of hydrogen-bond donors (Lipinski definition) is 0. The lowest BCUT2D eigenvalue weighted by atomic mass is 10.2. The SMILES string of the molecule is CC[C@@H](C)n1nc(-c2ccccc2)nc1-c1ccccc1. The van der Waals surface area contributed by atoms with E-state index in [2.05, 4.69) is 26.0 Å². The van der Waals surface area contributed by atoms with Gasteiger partial charge >= 0.3 is 0 Å². The number of hydrogen-bond acceptors (Lipinski definition) is 2. The van der Waals surface area contributed by atoms with Gasteiger partial charge in [0.2, 0.25) is 0 Å². The largest absolute Gasteiger partial charge is 0.242 e. The Morgan fingerprint density at radius 1 is 0.905 bits per heavy atom. The molecule has 0 saturated heterocycles. The summed E-state index contributed by atoms with van der Waals surface area (Å²) in [6, 6.07) is 20.7. The van der Waals surface area contributed by atoms with E-state index in [1.54, 1.807) is 0 Å². The van der Waals surface area contributed by atoms with Gasteiger partial charge in [0, 0.05) is 11.1 Å². The highest BCUT2D eigenvalue weighted by Gasteiger charge is 2.16. The first kappa shape index (κ1) is 13.6. The van der Waals surface area contributed by atoms with E-state index in [1.165, 1.54) is 0 Å². The van der Waals surface area contributed by atoms with Crippen LogP contribution in [0.1, 0.15) is 26.3 Å². The highest BCUT2D eigenvalue weighted by molar-refractivity contribution is 5.61. The molecule has 0 bridgehead atoms. The molecule has 3 rings (SSSR count). The fraction of sp³-hybridized carbons (Fsp3) is 0.222. The average Bonchev–Trinajstić information content (AvgIpc) is 3.01. The van der Waals surface area contributed by atoms with Gasteiger partial charge in [-0.1, -0.05) is 67.6 Å². The lowest BCUT2D eigenvalue weighted by Gasteiger charge is -2.11. The molecule has 0 aliphatic heterocycles. The molecule has 106 valence electrons. The Kier molecular flexibility index (Phi) is 3.82. The van der Waals surface area contributed by atoms with Crippen molar-refractivity contribution in [2.45, 2.75) is 26.3 Å². The van der Waals surface area contributed by atoms with Gasteiger partial charge in [-0.3, -0.25) is 0 Å². The van der Waals surface area contributed by atoms with Crippen molar-refractivity contribution in [3.05, 3.63) is 60.7 Å². The van der Waals surface area contributed by atoms with Crippen LogP contribution < -0.4 is 0 Å². The molecule has 0 saturated carbocycles. The number of aromatic nitrogens is 3. The first-order valence-corrected chi connectivity index (χ1v) is 7.37. The molecule has 1 atom stereocenters. The van der Waals surface area contributed by atoms with Crippen LogP contribution in [-0.2, 0) is 0 Å². The highest BCUT2D eigenvalue weighted by atomic mass is 15.4. The van der Waals surface area contributed by atoms with Crippen molar-refractivity contribution in [3.63, 3.8) is 0 Å². The molecule has 1 heterocycles. The quantitative estimate of drug-likeness (QED) is 0.698. The molecule has 0 fully saturated rings. The maximum Gasteiger partial charge on any atom is 0.181 e. The maximum absolute atomic E-state index is 4.77. The van der Waals surface area contributed by atoms with Gasteiger partial charge in [-0.25, -0.2) is 9.67 Å².